The number of rotatable bonds is 4. The summed E-state index contributed by atoms with van der Waals surface area (Å²) in [5.74, 6) is 5.05. The van der Waals surface area contributed by atoms with Gasteiger partial charge in [-0.25, -0.2) is 8.78 Å². The SMILES string of the molecule is C/C(=C/C=O)C(Cl)(Cl)Cl.Cc1ccnn(-c2cc(C(F)(F)F)c(Cl)cc2Cl)c1=O.NNc1cc(C(F)F)c(Cl)cc1Cl. The van der Waals surface area contributed by atoms with E-state index in [9.17, 15) is 31.5 Å². The lowest BCUT2D eigenvalue weighted by atomic mass is 10.2. The Balaban J connectivity index is 0.000000346. The van der Waals surface area contributed by atoms with Gasteiger partial charge < -0.3 is 5.43 Å². The Morgan fingerprint density at radius 2 is 1.57 bits per heavy atom. The number of hydrazine groups is 1. The van der Waals surface area contributed by atoms with Crippen molar-refractivity contribution in [2.45, 2.75) is 30.2 Å². The van der Waals surface area contributed by atoms with Crippen LogP contribution < -0.4 is 16.8 Å². The van der Waals surface area contributed by atoms with Crippen LogP contribution in [-0.4, -0.2) is 19.9 Å². The van der Waals surface area contributed by atoms with Gasteiger partial charge in [-0.05, 0) is 55.8 Å². The molecule has 0 saturated heterocycles. The summed E-state index contributed by atoms with van der Waals surface area (Å²) >= 11 is 38.6. The van der Waals surface area contributed by atoms with Crippen LogP contribution in [0.1, 0.15) is 30.0 Å². The molecular weight excluding hydrogens is 719 g/mol. The summed E-state index contributed by atoms with van der Waals surface area (Å²) in [7, 11) is 0. The number of halogens is 12. The number of anilines is 1. The maximum Gasteiger partial charge on any atom is 0.417 e. The van der Waals surface area contributed by atoms with Crippen molar-refractivity contribution in [2.75, 3.05) is 5.43 Å². The van der Waals surface area contributed by atoms with Gasteiger partial charge in [-0.2, -0.15) is 23.0 Å². The topological polar surface area (TPSA) is 90.0 Å². The van der Waals surface area contributed by atoms with Gasteiger partial charge >= 0.3 is 6.18 Å². The van der Waals surface area contributed by atoms with Crippen molar-refractivity contribution in [3.05, 3.63) is 95.3 Å². The van der Waals surface area contributed by atoms with Crippen LogP contribution in [0, 0.1) is 6.92 Å². The number of carbonyl (C=O) groups is 1. The highest BCUT2D eigenvalue weighted by Gasteiger charge is 2.34. The van der Waals surface area contributed by atoms with Gasteiger partial charge in [-0.1, -0.05) is 81.2 Å². The van der Waals surface area contributed by atoms with Crippen molar-refractivity contribution < 1.29 is 26.7 Å². The van der Waals surface area contributed by atoms with E-state index in [0.717, 1.165) is 16.8 Å². The summed E-state index contributed by atoms with van der Waals surface area (Å²) in [6, 6.07) is 5.44. The summed E-state index contributed by atoms with van der Waals surface area (Å²) in [6.07, 6.45) is -4.19. The van der Waals surface area contributed by atoms with Gasteiger partial charge in [0.25, 0.3) is 12.0 Å². The number of allylic oxidation sites excluding steroid dienone is 2. The number of nitrogens with one attached hydrogen (secondary N) is 1. The summed E-state index contributed by atoms with van der Waals surface area (Å²) < 4.78 is 62.4. The normalized spacial score (nSPS) is 11.8. The van der Waals surface area contributed by atoms with Crippen LogP contribution in [0.25, 0.3) is 5.69 Å². The molecule has 3 rings (SSSR count). The van der Waals surface area contributed by atoms with Crippen molar-refractivity contribution in [3.8, 4) is 5.69 Å². The average molecular weight is 738 g/mol. The third-order valence-electron chi connectivity index (χ3n) is 4.85. The second kappa shape index (κ2) is 16.3. The fourth-order valence-electron chi connectivity index (χ4n) is 2.63. The van der Waals surface area contributed by atoms with Crippen molar-refractivity contribution in [2.24, 2.45) is 5.84 Å². The van der Waals surface area contributed by atoms with Crippen LogP contribution in [0.15, 0.2) is 53.0 Å². The number of nitrogens with zero attached hydrogens (tertiary/aromatic N) is 2. The Kier molecular flexibility index (Phi) is 14.8. The van der Waals surface area contributed by atoms with Crippen molar-refractivity contribution in [1.29, 1.82) is 0 Å². The molecule has 0 aliphatic heterocycles. The maximum atomic E-state index is 12.8. The van der Waals surface area contributed by atoms with Crippen LogP contribution in [0.3, 0.4) is 0 Å². The van der Waals surface area contributed by atoms with Gasteiger partial charge in [0.05, 0.1) is 37.0 Å². The lowest BCUT2D eigenvalue weighted by molar-refractivity contribution is -0.137. The van der Waals surface area contributed by atoms with Gasteiger partial charge in [0.15, 0.2) is 0 Å². The van der Waals surface area contributed by atoms with E-state index in [-0.39, 0.29) is 32.0 Å². The smallest absolute Gasteiger partial charge is 0.323 e. The lowest BCUT2D eigenvalue weighted by Gasteiger charge is -2.13. The van der Waals surface area contributed by atoms with Gasteiger partial charge in [-0.15, -0.1) is 0 Å². The zero-order chi connectivity index (χ0) is 32.6. The average Bonchev–Trinajstić information content (AvgIpc) is 2.85. The molecule has 3 aromatic rings. The predicted molar refractivity (Wildman–Crippen MR) is 159 cm³/mol. The van der Waals surface area contributed by atoms with E-state index in [1.54, 1.807) is 6.92 Å². The Bertz CT molecular complexity index is 1490. The molecule has 42 heavy (non-hydrogen) atoms. The van der Waals surface area contributed by atoms with E-state index >= 15 is 0 Å². The first-order valence-corrected chi connectivity index (χ1v) is 13.4. The Morgan fingerprint density at radius 3 is 2.02 bits per heavy atom. The van der Waals surface area contributed by atoms with Crippen molar-refractivity contribution >= 4 is 93.2 Å². The predicted octanol–water partition coefficient (Wildman–Crippen LogP) is 9.58. The number of aldehydes is 1. The highest BCUT2D eigenvalue weighted by atomic mass is 35.6. The molecule has 0 radical (unpaired) electrons. The number of benzene rings is 2. The Morgan fingerprint density at radius 1 is 1.00 bits per heavy atom. The number of nitrogen functional groups attached to an aromatic ring is 1. The van der Waals surface area contributed by atoms with Crippen molar-refractivity contribution in [3.63, 3.8) is 0 Å². The summed E-state index contributed by atoms with van der Waals surface area (Å²) in [6.45, 7) is 3.09. The van der Waals surface area contributed by atoms with Gasteiger partial charge in [0.1, 0.15) is 6.29 Å². The van der Waals surface area contributed by atoms with E-state index in [1.165, 1.54) is 31.3 Å². The van der Waals surface area contributed by atoms with Crippen LogP contribution >= 0.6 is 81.2 Å². The van der Waals surface area contributed by atoms with Gasteiger partial charge in [0, 0.05) is 17.3 Å². The molecule has 0 amide bonds. The van der Waals surface area contributed by atoms with Crippen LogP contribution in [0.2, 0.25) is 20.1 Å². The molecule has 0 fully saturated rings. The van der Waals surface area contributed by atoms with Crippen LogP contribution in [0.5, 0.6) is 0 Å². The molecule has 3 N–H and O–H groups in total. The molecule has 230 valence electrons. The number of hydrogen-bond acceptors (Lipinski definition) is 5. The van der Waals surface area contributed by atoms with E-state index in [0.29, 0.717) is 23.5 Å². The molecule has 0 unspecified atom stereocenters. The van der Waals surface area contributed by atoms with Crippen molar-refractivity contribution in [1.82, 2.24) is 9.78 Å². The zero-order valence-corrected chi connectivity index (χ0v) is 26.3. The van der Waals surface area contributed by atoms with Gasteiger partial charge in [0.2, 0.25) is 3.79 Å². The molecule has 0 aliphatic rings. The lowest BCUT2D eigenvalue weighted by Crippen LogP contribution is -2.23. The van der Waals surface area contributed by atoms with E-state index in [1.807, 2.05) is 0 Å². The number of alkyl halides is 8. The molecule has 0 bridgehead atoms. The summed E-state index contributed by atoms with van der Waals surface area (Å²) in [5, 5.41) is 3.24. The molecule has 1 heterocycles. The molecule has 0 aliphatic carbocycles. The third kappa shape index (κ3) is 11.0. The van der Waals surface area contributed by atoms with Crippen LogP contribution in [0.4, 0.5) is 27.6 Å². The molecule has 2 aromatic carbocycles. The molecule has 6 nitrogen and oxygen atoms in total. The summed E-state index contributed by atoms with van der Waals surface area (Å²) in [4.78, 5) is 21.7. The van der Waals surface area contributed by atoms with E-state index in [4.69, 9.17) is 87.0 Å². The first kappa shape index (κ1) is 38.2. The minimum absolute atomic E-state index is 0.0704. The number of nitrogens with two attached hydrogens (primary N) is 1. The molecule has 0 saturated carbocycles. The molecule has 1 aromatic heterocycles. The first-order chi connectivity index (χ1) is 19.3. The monoisotopic (exact) mass is 734 g/mol. The highest BCUT2D eigenvalue weighted by Crippen LogP contribution is 2.38. The molecular formula is C24H18Cl7F5N4O2. The maximum absolute atomic E-state index is 12.8. The number of carbonyl (C=O) groups excluding carboxylic acids is 1. The molecule has 18 heteroatoms. The van der Waals surface area contributed by atoms with Crippen LogP contribution in [-0.2, 0) is 11.0 Å². The largest absolute Gasteiger partial charge is 0.417 e. The minimum Gasteiger partial charge on any atom is -0.323 e. The number of hydrogen-bond donors (Lipinski definition) is 2. The minimum atomic E-state index is -4.65. The zero-order valence-electron chi connectivity index (χ0n) is 21.0. The Labute approximate surface area is 271 Å². The third-order valence-corrected chi connectivity index (χ3v) is 7.00. The number of aromatic nitrogens is 2. The quantitative estimate of drug-likeness (QED) is 0.0696. The second-order valence-electron chi connectivity index (χ2n) is 7.79. The number of aryl methyl sites for hydroxylation is 1. The van der Waals surface area contributed by atoms with E-state index < -0.39 is 32.5 Å². The Hall–Kier alpha value is -1.83. The fourth-order valence-corrected chi connectivity index (χ4v) is 3.91. The fraction of sp³-hybridized carbons (Fsp3) is 0.208. The standard InChI is InChI=1S/C12H7Cl2F3N2O.C7H6Cl2F2N2.C5H5Cl3O/c1-6-2-3-18-19(11(6)20)10-4-7(12(15,16)17)8(13)5-9(10)14;8-4-2-5(9)6(13-12)1-3(4)7(10)11;1-4(2-3-9)5(6,7)8/h2-5H,1H3;1-2,7,13H,12H2;2-3H,1H3/b;;4-2-. The second-order valence-corrected chi connectivity index (χ2v) is 11.7. The highest BCUT2D eigenvalue weighted by molar-refractivity contribution is 6.69. The van der Waals surface area contributed by atoms with E-state index in [2.05, 4.69) is 10.5 Å². The molecule has 0 spiro atoms. The first-order valence-electron chi connectivity index (χ1n) is 10.8. The van der Waals surface area contributed by atoms with Gasteiger partial charge in [-0.3, -0.25) is 15.4 Å². The summed E-state index contributed by atoms with van der Waals surface area (Å²) in [5.41, 5.74) is 1.08. The molecule has 0 atom stereocenters.